The highest BCUT2D eigenvalue weighted by Crippen LogP contribution is 2.36. The summed E-state index contributed by atoms with van der Waals surface area (Å²) in [7, 11) is 0.369. The molecule has 1 fully saturated rings. The maximum Gasteiger partial charge on any atom is 0.337 e. The lowest BCUT2D eigenvalue weighted by Gasteiger charge is -2.33. The average molecular weight is 771 g/mol. The summed E-state index contributed by atoms with van der Waals surface area (Å²) in [6.45, 7) is 0. The van der Waals surface area contributed by atoms with Crippen LogP contribution in [0.25, 0.3) is 0 Å². The fourth-order valence-corrected chi connectivity index (χ4v) is 10.3. The Morgan fingerprint density at radius 3 is 2.11 bits per heavy atom. The number of hydrogen-bond acceptors (Lipinski definition) is 9. The first kappa shape index (κ1) is 39.1. The highest BCUT2D eigenvalue weighted by molar-refractivity contribution is 7.89. The van der Waals surface area contributed by atoms with E-state index >= 15 is 0 Å². The number of carbonyl (C=O) groups excluding carboxylic acids is 4. The van der Waals surface area contributed by atoms with Gasteiger partial charge in [-0.2, -0.15) is 4.31 Å². The van der Waals surface area contributed by atoms with Crippen molar-refractivity contribution in [2.75, 3.05) is 26.6 Å². The number of carbonyl (C=O) groups is 4. The van der Waals surface area contributed by atoms with E-state index in [9.17, 15) is 27.6 Å². The lowest BCUT2D eigenvalue weighted by molar-refractivity contribution is -0.146. The molecular formula is C42H46N2O8S2. The Morgan fingerprint density at radius 2 is 1.46 bits per heavy atom. The quantitative estimate of drug-likeness (QED) is 0.111. The van der Waals surface area contributed by atoms with Gasteiger partial charge in [0.1, 0.15) is 0 Å². The van der Waals surface area contributed by atoms with Gasteiger partial charge in [-0.25, -0.2) is 13.2 Å². The van der Waals surface area contributed by atoms with Crippen LogP contribution in [-0.2, 0) is 56.4 Å². The van der Waals surface area contributed by atoms with Gasteiger partial charge < -0.3 is 14.8 Å². The molecule has 0 spiro atoms. The van der Waals surface area contributed by atoms with Crippen molar-refractivity contribution in [2.45, 2.75) is 81.6 Å². The van der Waals surface area contributed by atoms with Crippen LogP contribution in [0.3, 0.4) is 0 Å². The summed E-state index contributed by atoms with van der Waals surface area (Å²) in [6.07, 6.45) is 7.37. The van der Waals surface area contributed by atoms with Gasteiger partial charge in [0.05, 0.1) is 36.2 Å². The Balaban J connectivity index is 1.12. The molecule has 284 valence electrons. The van der Waals surface area contributed by atoms with E-state index in [1.54, 1.807) is 31.3 Å². The Morgan fingerprint density at radius 1 is 0.815 bits per heavy atom. The lowest BCUT2D eigenvalue weighted by atomic mass is 9.86. The van der Waals surface area contributed by atoms with Crippen LogP contribution in [0.1, 0.15) is 96.0 Å². The third-order valence-electron chi connectivity index (χ3n) is 10.7. The average Bonchev–Trinajstić information content (AvgIpc) is 3.57. The van der Waals surface area contributed by atoms with Crippen LogP contribution in [-0.4, -0.2) is 63.7 Å². The smallest absolute Gasteiger partial charge is 0.337 e. The van der Waals surface area contributed by atoms with Gasteiger partial charge in [-0.1, -0.05) is 36.4 Å². The third kappa shape index (κ3) is 8.83. The van der Waals surface area contributed by atoms with Gasteiger partial charge in [-0.05, 0) is 117 Å². The molecule has 0 saturated heterocycles. The van der Waals surface area contributed by atoms with E-state index in [0.29, 0.717) is 47.4 Å². The third-order valence-corrected chi connectivity index (χ3v) is 13.9. The van der Waals surface area contributed by atoms with Crippen molar-refractivity contribution >= 4 is 50.7 Å². The number of ether oxygens (including phenoxy) is 2. The summed E-state index contributed by atoms with van der Waals surface area (Å²) in [6, 6.07) is 21.0. The molecular weight excluding hydrogens is 725 g/mol. The number of nitrogens with one attached hydrogen (secondary N) is 1. The van der Waals surface area contributed by atoms with Crippen LogP contribution in [0.2, 0.25) is 0 Å². The van der Waals surface area contributed by atoms with E-state index in [1.807, 2.05) is 36.4 Å². The molecule has 3 aromatic carbocycles. The number of aryl methyl sites for hydroxylation is 3. The van der Waals surface area contributed by atoms with Crippen molar-refractivity contribution in [2.24, 2.45) is 5.92 Å². The molecule has 2 aliphatic rings. The number of hydrogen-bond donors (Lipinski definition) is 1. The summed E-state index contributed by atoms with van der Waals surface area (Å²) in [4.78, 5) is 53.2. The first-order chi connectivity index (χ1) is 26.0. The highest BCUT2D eigenvalue weighted by atomic mass is 32.2. The predicted molar refractivity (Wildman–Crippen MR) is 208 cm³/mol. The van der Waals surface area contributed by atoms with Crippen LogP contribution in [0.5, 0.6) is 0 Å². The monoisotopic (exact) mass is 770 g/mol. The molecule has 1 N–H and O–H groups in total. The Hall–Kier alpha value is -4.65. The Kier molecular flexibility index (Phi) is 12.5. The SMILES string of the molecule is COC(=O)c1ccc(CCc2ccc(NC(=O)c3c(CC(=O)c4cccc(S(=O)(=O)N(C)C5CCC(C(=O)OC)CC5)c4)sc4c3CCCC4)cc2)cc1. The topological polar surface area (TPSA) is 136 Å². The number of amides is 1. The highest BCUT2D eigenvalue weighted by Gasteiger charge is 2.34. The molecule has 0 bridgehead atoms. The molecule has 1 heterocycles. The Bertz CT molecular complexity index is 2120. The van der Waals surface area contributed by atoms with E-state index in [1.165, 1.54) is 42.0 Å². The first-order valence-corrected chi connectivity index (χ1v) is 20.6. The van der Waals surface area contributed by atoms with Crippen molar-refractivity contribution in [1.82, 2.24) is 4.31 Å². The van der Waals surface area contributed by atoms with E-state index in [-0.39, 0.29) is 52.5 Å². The number of esters is 2. The van der Waals surface area contributed by atoms with E-state index in [0.717, 1.165) is 60.1 Å². The van der Waals surface area contributed by atoms with Crippen LogP contribution >= 0.6 is 11.3 Å². The second kappa shape index (κ2) is 17.2. The zero-order chi connectivity index (χ0) is 38.4. The zero-order valence-corrected chi connectivity index (χ0v) is 32.5. The minimum atomic E-state index is -3.91. The number of thiophene rings is 1. The lowest BCUT2D eigenvalue weighted by Crippen LogP contribution is -2.40. The number of anilines is 1. The molecule has 0 aliphatic heterocycles. The number of rotatable bonds is 13. The minimum absolute atomic E-state index is 0.0170. The summed E-state index contributed by atoms with van der Waals surface area (Å²) >= 11 is 1.50. The fraction of sp³-hybridized carbons (Fsp3) is 0.381. The van der Waals surface area contributed by atoms with E-state index in [4.69, 9.17) is 9.47 Å². The molecule has 1 aromatic heterocycles. The summed E-state index contributed by atoms with van der Waals surface area (Å²) in [5.41, 5.74) is 5.19. The van der Waals surface area contributed by atoms with Crippen LogP contribution in [0.15, 0.2) is 77.7 Å². The van der Waals surface area contributed by atoms with Gasteiger partial charge in [0.25, 0.3) is 5.91 Å². The number of fused-ring (bicyclic) bond motifs is 1. The number of Topliss-reactive ketones (excluding diaryl/α,β-unsaturated/α-hetero) is 1. The van der Waals surface area contributed by atoms with Crippen molar-refractivity contribution in [3.05, 3.63) is 116 Å². The first-order valence-electron chi connectivity index (χ1n) is 18.4. The van der Waals surface area contributed by atoms with Crippen molar-refractivity contribution in [3.63, 3.8) is 0 Å². The van der Waals surface area contributed by atoms with Gasteiger partial charge in [0.15, 0.2) is 5.78 Å². The maximum absolute atomic E-state index is 13.9. The Labute approximate surface area is 320 Å². The second-order valence-electron chi connectivity index (χ2n) is 14.0. The van der Waals surface area contributed by atoms with Crippen LogP contribution in [0.4, 0.5) is 5.69 Å². The van der Waals surface area contributed by atoms with Gasteiger partial charge >= 0.3 is 11.9 Å². The summed E-state index contributed by atoms with van der Waals surface area (Å²) < 4.78 is 38.4. The van der Waals surface area contributed by atoms with Gasteiger partial charge in [0, 0.05) is 40.5 Å². The van der Waals surface area contributed by atoms with E-state index < -0.39 is 10.0 Å². The molecule has 0 atom stereocenters. The van der Waals surface area contributed by atoms with Gasteiger partial charge in [0.2, 0.25) is 10.0 Å². The minimum Gasteiger partial charge on any atom is -0.469 e. The second-order valence-corrected chi connectivity index (χ2v) is 17.2. The molecule has 12 heteroatoms. The van der Waals surface area contributed by atoms with Crippen molar-refractivity contribution in [1.29, 1.82) is 0 Å². The number of sulfonamides is 1. The summed E-state index contributed by atoms with van der Waals surface area (Å²) in [5.74, 6) is -1.36. The van der Waals surface area contributed by atoms with Crippen LogP contribution < -0.4 is 5.32 Å². The molecule has 0 radical (unpaired) electrons. The molecule has 1 amide bonds. The zero-order valence-electron chi connectivity index (χ0n) is 30.9. The molecule has 2 aliphatic carbocycles. The van der Waals surface area contributed by atoms with Crippen molar-refractivity contribution < 1.29 is 37.1 Å². The summed E-state index contributed by atoms with van der Waals surface area (Å²) in [5, 5.41) is 3.06. The van der Waals surface area contributed by atoms with Crippen LogP contribution in [0, 0.1) is 5.92 Å². The molecule has 4 aromatic rings. The molecule has 1 saturated carbocycles. The number of methoxy groups -OCH3 is 2. The molecule has 54 heavy (non-hydrogen) atoms. The molecule has 0 unspecified atom stereocenters. The van der Waals surface area contributed by atoms with E-state index in [2.05, 4.69) is 5.32 Å². The predicted octanol–water partition coefficient (Wildman–Crippen LogP) is 7.23. The number of benzene rings is 3. The largest absolute Gasteiger partial charge is 0.469 e. The standard InChI is InChI=1S/C42H46N2O8S2/c1-44(33-23-19-30(20-24-33)42(48)52-3)54(49,50)34-8-6-7-31(25-34)36(45)26-38-39(35-9-4-5-10-37(35)53-38)40(46)43-32-21-15-28(16-22-32)12-11-27-13-17-29(18-14-27)41(47)51-2/h6-8,13-18,21-22,25,30,33H,4-5,9-12,19-20,23-24,26H2,1-3H3,(H,43,46). The van der Waals surface area contributed by atoms with Crippen molar-refractivity contribution in [3.8, 4) is 0 Å². The normalized spacial score (nSPS) is 17.0. The van der Waals surface area contributed by atoms with Gasteiger partial charge in [-0.15, -0.1) is 11.3 Å². The number of ketones is 1. The molecule has 10 nitrogen and oxygen atoms in total. The maximum atomic E-state index is 13.9. The molecule has 6 rings (SSSR count). The van der Waals surface area contributed by atoms with Gasteiger partial charge in [-0.3, -0.25) is 14.4 Å². The number of nitrogens with zero attached hydrogens (tertiary/aromatic N) is 1. The fourth-order valence-electron chi connectivity index (χ4n) is 7.46.